The predicted octanol–water partition coefficient (Wildman–Crippen LogP) is 4.06. The van der Waals surface area contributed by atoms with E-state index in [1.54, 1.807) is 54.7 Å². The van der Waals surface area contributed by atoms with Crippen LogP contribution in [0.5, 0.6) is 0 Å². The molecule has 2 heterocycles. The summed E-state index contributed by atoms with van der Waals surface area (Å²) >= 11 is 0. The third-order valence-electron chi connectivity index (χ3n) is 4.67. The lowest BCUT2D eigenvalue weighted by Crippen LogP contribution is -2.35. The SMILES string of the molecule is O=C(C#Cc1ccccc1)Nc1cc(NC(=O)Nc2c[n+](Cc3ccccn3)no2)cc(C(F)(F)F)c1. The smallest absolute Gasteiger partial charge is 0.315 e. The van der Waals surface area contributed by atoms with Crippen molar-refractivity contribution in [3.8, 4) is 11.8 Å². The molecule has 0 aliphatic rings. The fourth-order valence-corrected chi connectivity index (χ4v) is 3.09. The van der Waals surface area contributed by atoms with Gasteiger partial charge < -0.3 is 10.6 Å². The molecular weight excluding hydrogens is 489 g/mol. The van der Waals surface area contributed by atoms with Crippen molar-refractivity contribution in [3.63, 3.8) is 0 Å². The number of hydrogen-bond donors (Lipinski definition) is 3. The Kier molecular flexibility index (Phi) is 7.44. The zero-order chi connectivity index (χ0) is 26.3. The Morgan fingerprint density at radius 1 is 0.946 bits per heavy atom. The number of urea groups is 1. The molecule has 0 spiro atoms. The van der Waals surface area contributed by atoms with E-state index in [0.29, 0.717) is 11.3 Å². The Hall–Kier alpha value is -5.18. The van der Waals surface area contributed by atoms with Crippen molar-refractivity contribution >= 4 is 29.2 Å². The number of nitrogens with one attached hydrogen (secondary N) is 3. The van der Waals surface area contributed by atoms with Gasteiger partial charge in [0.1, 0.15) is 5.69 Å². The maximum Gasteiger partial charge on any atom is 0.416 e. The second-order valence-corrected chi connectivity index (χ2v) is 7.53. The number of benzene rings is 2. The fourth-order valence-electron chi connectivity index (χ4n) is 3.09. The number of hydrogen-bond acceptors (Lipinski definition) is 5. The number of nitrogens with zero attached hydrogens (tertiary/aromatic N) is 3. The minimum atomic E-state index is -4.73. The van der Waals surface area contributed by atoms with Crippen LogP contribution in [0.2, 0.25) is 0 Å². The summed E-state index contributed by atoms with van der Waals surface area (Å²) in [6.07, 6.45) is -1.73. The molecular formula is C25H18F3N6O3+. The molecule has 0 atom stereocenters. The molecule has 0 saturated heterocycles. The molecule has 4 rings (SSSR count). The van der Waals surface area contributed by atoms with Crippen LogP contribution in [0.1, 0.15) is 16.8 Å². The second kappa shape index (κ2) is 11.0. The Labute approximate surface area is 208 Å². The van der Waals surface area contributed by atoms with Gasteiger partial charge in [-0.3, -0.25) is 19.6 Å². The average molecular weight is 507 g/mol. The van der Waals surface area contributed by atoms with Crippen molar-refractivity contribution in [2.24, 2.45) is 0 Å². The van der Waals surface area contributed by atoms with Crippen molar-refractivity contribution in [2.75, 3.05) is 16.0 Å². The van der Waals surface area contributed by atoms with Gasteiger partial charge in [-0.1, -0.05) is 30.2 Å². The van der Waals surface area contributed by atoms with Crippen LogP contribution in [0.3, 0.4) is 0 Å². The Morgan fingerprint density at radius 2 is 1.68 bits per heavy atom. The van der Waals surface area contributed by atoms with Crippen LogP contribution in [0, 0.1) is 11.8 Å². The third kappa shape index (κ3) is 7.40. The monoisotopic (exact) mass is 507 g/mol. The lowest BCUT2D eigenvalue weighted by Gasteiger charge is -2.13. The van der Waals surface area contributed by atoms with Gasteiger partial charge in [-0.25, -0.2) is 4.79 Å². The van der Waals surface area contributed by atoms with Gasteiger partial charge in [0.25, 0.3) is 6.20 Å². The molecule has 0 radical (unpaired) electrons. The molecule has 0 aliphatic heterocycles. The first-order chi connectivity index (χ1) is 17.7. The summed E-state index contributed by atoms with van der Waals surface area (Å²) in [5, 5.41) is 10.7. The number of rotatable bonds is 5. The van der Waals surface area contributed by atoms with Crippen LogP contribution in [-0.4, -0.2) is 22.2 Å². The molecule has 186 valence electrons. The molecule has 0 fully saturated rings. The van der Waals surface area contributed by atoms with Crippen LogP contribution in [0.15, 0.2) is 83.6 Å². The topological polar surface area (TPSA) is 113 Å². The number of halogens is 3. The minimum Gasteiger partial charge on any atom is -0.315 e. The highest BCUT2D eigenvalue weighted by Gasteiger charge is 2.31. The van der Waals surface area contributed by atoms with Gasteiger partial charge >= 0.3 is 24.0 Å². The van der Waals surface area contributed by atoms with E-state index in [2.05, 4.69) is 38.0 Å². The van der Waals surface area contributed by atoms with E-state index in [1.807, 2.05) is 0 Å². The lowest BCUT2D eigenvalue weighted by molar-refractivity contribution is -0.755. The molecule has 3 N–H and O–H groups in total. The van der Waals surface area contributed by atoms with E-state index < -0.39 is 23.7 Å². The van der Waals surface area contributed by atoms with Crippen molar-refractivity contribution < 1.29 is 32.0 Å². The standard InChI is InChI=1S/C25H17F3N6O3/c26-25(27,28)18-12-20(30-22(35)10-9-17-6-2-1-3-7-17)14-21(13-18)31-24(36)32-23-16-34(33-37-23)15-19-8-4-5-11-29-19/h1-8,11-14,16H,15H2,(H2-,30,31,32,33,35,36)/p+1. The van der Waals surface area contributed by atoms with E-state index in [9.17, 15) is 22.8 Å². The van der Waals surface area contributed by atoms with E-state index in [1.165, 1.54) is 16.9 Å². The minimum absolute atomic E-state index is 0.0508. The highest BCUT2D eigenvalue weighted by atomic mass is 19.4. The second-order valence-electron chi connectivity index (χ2n) is 7.53. The first-order valence-corrected chi connectivity index (χ1v) is 10.7. The van der Waals surface area contributed by atoms with E-state index in [4.69, 9.17) is 4.52 Å². The van der Waals surface area contributed by atoms with Crippen LogP contribution < -0.4 is 20.6 Å². The number of amides is 3. The van der Waals surface area contributed by atoms with Gasteiger partial charge in [0.15, 0.2) is 0 Å². The molecule has 0 unspecified atom stereocenters. The summed E-state index contributed by atoms with van der Waals surface area (Å²) in [5.41, 5.74) is -0.243. The summed E-state index contributed by atoms with van der Waals surface area (Å²) in [7, 11) is 0. The summed E-state index contributed by atoms with van der Waals surface area (Å²) in [6, 6.07) is 15.7. The van der Waals surface area contributed by atoms with E-state index in [-0.39, 0.29) is 23.8 Å². The zero-order valence-electron chi connectivity index (χ0n) is 18.9. The molecule has 3 amide bonds. The Morgan fingerprint density at radius 3 is 2.38 bits per heavy atom. The molecule has 4 aromatic rings. The molecule has 0 aliphatic carbocycles. The van der Waals surface area contributed by atoms with Gasteiger partial charge in [-0.2, -0.15) is 13.2 Å². The Bertz CT molecular complexity index is 1460. The molecule has 0 saturated carbocycles. The first-order valence-electron chi connectivity index (χ1n) is 10.7. The molecule has 37 heavy (non-hydrogen) atoms. The Balaban J connectivity index is 1.44. The third-order valence-corrected chi connectivity index (χ3v) is 4.67. The number of anilines is 3. The fraction of sp³-hybridized carbons (Fsp3) is 0.0800. The first kappa shape index (κ1) is 24.9. The number of carbonyl (C=O) groups is 2. The van der Waals surface area contributed by atoms with Crippen LogP contribution in [0.4, 0.5) is 35.2 Å². The van der Waals surface area contributed by atoms with Crippen molar-refractivity contribution in [1.29, 1.82) is 0 Å². The van der Waals surface area contributed by atoms with Crippen LogP contribution in [0.25, 0.3) is 0 Å². The van der Waals surface area contributed by atoms with Crippen molar-refractivity contribution in [2.45, 2.75) is 12.7 Å². The summed E-state index contributed by atoms with van der Waals surface area (Å²) < 4.78 is 46.7. The van der Waals surface area contributed by atoms with Gasteiger partial charge in [0.05, 0.1) is 5.56 Å². The van der Waals surface area contributed by atoms with E-state index >= 15 is 0 Å². The number of carbonyl (C=O) groups excluding carboxylic acids is 2. The van der Waals surface area contributed by atoms with Gasteiger partial charge in [-0.15, -0.1) is 0 Å². The van der Waals surface area contributed by atoms with Crippen LogP contribution >= 0.6 is 0 Å². The lowest BCUT2D eigenvalue weighted by atomic mass is 10.1. The maximum atomic E-state index is 13.4. The molecule has 9 nitrogen and oxygen atoms in total. The largest absolute Gasteiger partial charge is 0.416 e. The highest BCUT2D eigenvalue weighted by Crippen LogP contribution is 2.33. The molecule has 2 aromatic carbocycles. The van der Waals surface area contributed by atoms with Crippen molar-refractivity contribution in [3.05, 3.63) is 95.9 Å². The number of alkyl halides is 3. The highest BCUT2D eigenvalue weighted by molar-refractivity contribution is 6.05. The maximum absolute atomic E-state index is 13.4. The van der Waals surface area contributed by atoms with Gasteiger partial charge in [0, 0.05) is 29.1 Å². The summed E-state index contributed by atoms with van der Waals surface area (Å²) in [5.74, 6) is 4.05. The molecule has 12 heteroatoms. The quantitative estimate of drug-likeness (QED) is 0.279. The molecule has 2 aromatic heterocycles. The summed E-state index contributed by atoms with van der Waals surface area (Å²) in [6.45, 7) is 0.275. The van der Waals surface area contributed by atoms with Gasteiger partial charge in [0.2, 0.25) is 11.8 Å². The normalized spacial score (nSPS) is 10.7. The van der Waals surface area contributed by atoms with Crippen LogP contribution in [-0.2, 0) is 17.5 Å². The van der Waals surface area contributed by atoms with E-state index in [0.717, 1.165) is 12.1 Å². The zero-order valence-corrected chi connectivity index (χ0v) is 18.9. The number of pyridine rings is 1. The number of aromatic nitrogens is 3. The van der Waals surface area contributed by atoms with Crippen molar-refractivity contribution in [1.82, 2.24) is 10.3 Å². The van der Waals surface area contributed by atoms with Gasteiger partial charge in [-0.05, 0) is 47.1 Å². The molecule has 0 bridgehead atoms. The average Bonchev–Trinajstić information content (AvgIpc) is 3.29. The summed E-state index contributed by atoms with van der Waals surface area (Å²) in [4.78, 5) is 28.7. The predicted molar refractivity (Wildman–Crippen MR) is 126 cm³/mol.